The highest BCUT2D eigenvalue weighted by Gasteiger charge is 2.34. The van der Waals surface area contributed by atoms with E-state index in [0.29, 0.717) is 13.0 Å². The average molecular weight is 354 g/mol. The molecule has 6 nitrogen and oxygen atoms in total. The van der Waals surface area contributed by atoms with Crippen molar-refractivity contribution in [3.05, 3.63) is 35.9 Å². The number of nitrogens with one attached hydrogen (secondary N) is 1. The van der Waals surface area contributed by atoms with Gasteiger partial charge in [-0.15, -0.1) is 0 Å². The van der Waals surface area contributed by atoms with Crippen LogP contribution in [-0.4, -0.2) is 68.6 Å². The van der Waals surface area contributed by atoms with Crippen molar-refractivity contribution in [2.24, 2.45) is 0 Å². The molecule has 2 rings (SSSR count). The summed E-state index contributed by atoms with van der Waals surface area (Å²) < 4.78 is 22.4. The van der Waals surface area contributed by atoms with Gasteiger partial charge in [-0.3, -0.25) is 4.79 Å². The highest BCUT2D eigenvalue weighted by molar-refractivity contribution is 7.90. The van der Waals surface area contributed by atoms with E-state index in [9.17, 15) is 13.2 Å². The van der Waals surface area contributed by atoms with Crippen molar-refractivity contribution >= 4 is 15.7 Å². The lowest BCUT2D eigenvalue weighted by Crippen LogP contribution is -2.40. The summed E-state index contributed by atoms with van der Waals surface area (Å²) in [6.07, 6.45) is 1.84. The fourth-order valence-electron chi connectivity index (χ4n) is 3.10. The van der Waals surface area contributed by atoms with Crippen LogP contribution in [0.3, 0.4) is 0 Å². The summed E-state index contributed by atoms with van der Waals surface area (Å²) in [5.74, 6) is -0.182. The number of benzene rings is 1. The molecule has 0 spiro atoms. The first-order valence-electron chi connectivity index (χ1n) is 8.24. The number of rotatable bonds is 8. The van der Waals surface area contributed by atoms with Crippen molar-refractivity contribution in [1.29, 1.82) is 0 Å². The lowest BCUT2D eigenvalue weighted by molar-refractivity contribution is -0.121. The monoisotopic (exact) mass is 354 g/mol. The molecule has 1 aromatic carbocycles. The Morgan fingerprint density at radius 1 is 1.29 bits per heavy atom. The van der Waals surface area contributed by atoms with Gasteiger partial charge in [-0.2, -0.15) is 0 Å². The number of aliphatic hydroxyl groups is 1. The van der Waals surface area contributed by atoms with Gasteiger partial charge in [-0.25, -0.2) is 8.42 Å². The van der Waals surface area contributed by atoms with Gasteiger partial charge in [0.05, 0.1) is 5.75 Å². The van der Waals surface area contributed by atoms with E-state index in [1.807, 2.05) is 18.2 Å². The molecule has 0 unspecified atom stereocenters. The first-order valence-corrected chi connectivity index (χ1v) is 10.3. The molecule has 2 atom stereocenters. The number of hydrogen-bond donors (Lipinski definition) is 2. The maximum atomic E-state index is 12.1. The largest absolute Gasteiger partial charge is 0.396 e. The molecular formula is C17H26N2O4S. The third-order valence-electron chi connectivity index (χ3n) is 4.30. The van der Waals surface area contributed by atoms with Crippen LogP contribution in [0.15, 0.2) is 30.3 Å². The number of carbonyl (C=O) groups is 1. The highest BCUT2D eigenvalue weighted by Crippen LogP contribution is 2.27. The van der Waals surface area contributed by atoms with E-state index >= 15 is 0 Å². The Bertz CT molecular complexity index is 633. The number of hydrogen-bond acceptors (Lipinski definition) is 5. The molecule has 1 aliphatic heterocycles. The molecule has 0 aromatic heterocycles. The second kappa shape index (κ2) is 8.60. The van der Waals surface area contributed by atoms with E-state index in [1.54, 1.807) is 0 Å². The van der Waals surface area contributed by atoms with Crippen LogP contribution in [-0.2, 0) is 14.6 Å². The van der Waals surface area contributed by atoms with Gasteiger partial charge in [0, 0.05) is 50.9 Å². The molecule has 1 aromatic rings. The zero-order valence-electron chi connectivity index (χ0n) is 14.0. The molecule has 1 aliphatic rings. The second-order valence-corrected chi connectivity index (χ2v) is 8.67. The molecular weight excluding hydrogens is 328 g/mol. The maximum Gasteiger partial charge on any atom is 0.221 e. The van der Waals surface area contributed by atoms with Gasteiger partial charge in [0.25, 0.3) is 0 Å². The minimum Gasteiger partial charge on any atom is -0.396 e. The number of amides is 1. The lowest BCUT2D eigenvalue weighted by Gasteiger charge is -2.20. The number of carbonyl (C=O) groups excluding carboxylic acids is 1. The van der Waals surface area contributed by atoms with Gasteiger partial charge >= 0.3 is 0 Å². The molecule has 1 heterocycles. The first-order chi connectivity index (χ1) is 11.4. The summed E-state index contributed by atoms with van der Waals surface area (Å²) in [4.78, 5) is 14.3. The average Bonchev–Trinajstić information content (AvgIpc) is 2.94. The molecule has 0 bridgehead atoms. The number of sulfone groups is 1. The minimum absolute atomic E-state index is 0.00647. The highest BCUT2D eigenvalue weighted by atomic mass is 32.2. The van der Waals surface area contributed by atoms with Crippen LogP contribution in [0.4, 0.5) is 0 Å². The molecule has 0 aliphatic carbocycles. The normalized spacial score (nSPS) is 21.8. The van der Waals surface area contributed by atoms with E-state index in [2.05, 4.69) is 22.3 Å². The van der Waals surface area contributed by atoms with Crippen LogP contribution >= 0.6 is 0 Å². The van der Waals surface area contributed by atoms with E-state index in [1.165, 1.54) is 0 Å². The van der Waals surface area contributed by atoms with Gasteiger partial charge in [-0.05, 0) is 12.0 Å². The Labute approximate surface area is 143 Å². The fraction of sp³-hybridized carbons (Fsp3) is 0.588. The molecule has 24 heavy (non-hydrogen) atoms. The summed E-state index contributed by atoms with van der Waals surface area (Å²) in [5, 5.41) is 12.0. The third kappa shape index (κ3) is 5.89. The molecule has 7 heteroatoms. The maximum absolute atomic E-state index is 12.1. The molecule has 1 amide bonds. The number of nitrogens with zero attached hydrogens (tertiary/aromatic N) is 1. The smallest absolute Gasteiger partial charge is 0.221 e. The van der Waals surface area contributed by atoms with Crippen LogP contribution in [0.1, 0.15) is 24.3 Å². The van der Waals surface area contributed by atoms with Gasteiger partial charge < -0.3 is 15.3 Å². The second-order valence-electron chi connectivity index (χ2n) is 6.41. The zero-order valence-corrected chi connectivity index (χ0v) is 14.8. The number of likely N-dealkylation sites (tertiary alicyclic amines) is 1. The van der Waals surface area contributed by atoms with Crippen LogP contribution in [0, 0.1) is 0 Å². The van der Waals surface area contributed by atoms with Crippen LogP contribution in [0.25, 0.3) is 0 Å². The first kappa shape index (κ1) is 18.9. The molecule has 0 radical (unpaired) electrons. The van der Waals surface area contributed by atoms with Crippen molar-refractivity contribution < 1.29 is 18.3 Å². The molecule has 1 fully saturated rings. The summed E-state index contributed by atoms with van der Waals surface area (Å²) in [5.41, 5.74) is 1.16. The molecule has 134 valence electrons. The Balaban J connectivity index is 2.02. The van der Waals surface area contributed by atoms with Crippen LogP contribution in [0.2, 0.25) is 0 Å². The van der Waals surface area contributed by atoms with Gasteiger partial charge in [0.15, 0.2) is 0 Å². The Hall–Kier alpha value is -1.44. The summed E-state index contributed by atoms with van der Waals surface area (Å²) in [6, 6.07) is 9.98. The van der Waals surface area contributed by atoms with E-state index in [0.717, 1.165) is 24.9 Å². The van der Waals surface area contributed by atoms with Crippen molar-refractivity contribution in [2.45, 2.75) is 24.8 Å². The molecule has 0 saturated carbocycles. The fourth-order valence-corrected chi connectivity index (χ4v) is 3.66. The van der Waals surface area contributed by atoms with E-state index in [-0.39, 0.29) is 36.6 Å². The van der Waals surface area contributed by atoms with Gasteiger partial charge in [-0.1, -0.05) is 30.3 Å². The number of aliphatic hydroxyl groups excluding tert-OH is 1. The predicted molar refractivity (Wildman–Crippen MR) is 93.6 cm³/mol. The molecule has 2 N–H and O–H groups in total. The SMILES string of the molecule is CS(=O)(=O)CCC(=O)N[C@H]1CN(CCCO)C[C@@H]1c1ccccc1. The Morgan fingerprint density at radius 2 is 2.00 bits per heavy atom. The van der Waals surface area contributed by atoms with Crippen molar-refractivity contribution in [3.8, 4) is 0 Å². The van der Waals surface area contributed by atoms with Gasteiger partial charge in [0.1, 0.15) is 9.84 Å². The topological polar surface area (TPSA) is 86.7 Å². The summed E-state index contributed by atoms with van der Waals surface area (Å²) in [6.45, 7) is 2.47. The van der Waals surface area contributed by atoms with Crippen molar-refractivity contribution in [1.82, 2.24) is 10.2 Å². The minimum atomic E-state index is -3.14. The van der Waals surface area contributed by atoms with Crippen LogP contribution in [0.5, 0.6) is 0 Å². The molecule has 1 saturated heterocycles. The quantitative estimate of drug-likeness (QED) is 0.705. The van der Waals surface area contributed by atoms with E-state index in [4.69, 9.17) is 5.11 Å². The zero-order chi connectivity index (χ0) is 17.6. The Kier molecular flexibility index (Phi) is 6.77. The summed E-state index contributed by atoms with van der Waals surface area (Å²) >= 11 is 0. The lowest BCUT2D eigenvalue weighted by atomic mass is 9.94. The van der Waals surface area contributed by atoms with Gasteiger partial charge in [0.2, 0.25) is 5.91 Å². The van der Waals surface area contributed by atoms with Crippen molar-refractivity contribution in [3.63, 3.8) is 0 Å². The summed E-state index contributed by atoms with van der Waals surface area (Å²) in [7, 11) is -3.14. The third-order valence-corrected chi connectivity index (χ3v) is 5.25. The van der Waals surface area contributed by atoms with E-state index < -0.39 is 9.84 Å². The predicted octanol–water partition coefficient (Wildman–Crippen LogP) is 0.388. The van der Waals surface area contributed by atoms with Crippen LogP contribution < -0.4 is 5.32 Å². The standard InChI is InChI=1S/C17H26N2O4S/c1-24(22,23)11-8-17(21)18-16-13-19(9-5-10-20)12-15(16)14-6-3-2-4-7-14/h2-4,6-7,15-16,20H,5,8-13H2,1H3,(H,18,21)/t15-,16+/m1/s1. The Morgan fingerprint density at radius 3 is 2.62 bits per heavy atom. The van der Waals surface area contributed by atoms with Crippen molar-refractivity contribution in [2.75, 3.05) is 38.2 Å².